The fraction of sp³-hybridized carbons (Fsp3) is 0.625. The molecule has 0 amide bonds. The fourth-order valence-corrected chi connectivity index (χ4v) is 4.21. The molecule has 0 radical (unpaired) electrons. The number of benzene rings is 1. The van der Waals surface area contributed by atoms with Crippen LogP contribution in [0.15, 0.2) is 22.7 Å². The molecule has 4 heteroatoms. The Labute approximate surface area is 129 Å². The van der Waals surface area contributed by atoms with Crippen LogP contribution in [0.25, 0.3) is 0 Å². The van der Waals surface area contributed by atoms with Gasteiger partial charge in [0.05, 0.1) is 11.8 Å². The van der Waals surface area contributed by atoms with E-state index in [-0.39, 0.29) is 0 Å². The molecule has 110 valence electrons. The van der Waals surface area contributed by atoms with Gasteiger partial charge in [0.2, 0.25) is 0 Å². The molecular formula is C16H23BrN2O. The van der Waals surface area contributed by atoms with Gasteiger partial charge >= 0.3 is 0 Å². The molecule has 0 saturated carbocycles. The maximum absolute atomic E-state index is 9.67. The van der Waals surface area contributed by atoms with Crippen molar-refractivity contribution in [1.29, 1.82) is 0 Å². The summed E-state index contributed by atoms with van der Waals surface area (Å²) in [5.41, 5.74) is 2.23. The van der Waals surface area contributed by atoms with Gasteiger partial charge in [0, 0.05) is 29.6 Å². The summed E-state index contributed by atoms with van der Waals surface area (Å²) in [5.74, 6) is 0. The highest BCUT2D eigenvalue weighted by Gasteiger charge is 2.34. The summed E-state index contributed by atoms with van der Waals surface area (Å²) in [5, 5.41) is 9.67. The van der Waals surface area contributed by atoms with Crippen molar-refractivity contribution in [1.82, 2.24) is 4.90 Å². The van der Waals surface area contributed by atoms with Crippen LogP contribution in [0.2, 0.25) is 0 Å². The standard InChI is InChI=1S/C16H23BrN2O/c1-11(20)12-3-6-16(15(17)9-12)19-8-7-13-4-5-14(10-19)18(13)2/h3,6,9,11,13-14,20H,4-5,7-8,10H2,1-2H3/t11-,13?,14?/m0/s1. The van der Waals surface area contributed by atoms with Crippen LogP contribution >= 0.6 is 15.9 Å². The van der Waals surface area contributed by atoms with Crippen molar-refractivity contribution in [2.24, 2.45) is 0 Å². The Balaban J connectivity index is 1.82. The third kappa shape index (κ3) is 2.61. The monoisotopic (exact) mass is 338 g/mol. The van der Waals surface area contributed by atoms with Crippen molar-refractivity contribution in [3.63, 3.8) is 0 Å². The number of rotatable bonds is 2. The zero-order valence-corrected chi connectivity index (χ0v) is 13.8. The molecule has 2 heterocycles. The van der Waals surface area contributed by atoms with Crippen LogP contribution in [0.4, 0.5) is 5.69 Å². The quantitative estimate of drug-likeness (QED) is 0.897. The lowest BCUT2D eigenvalue weighted by molar-refractivity contribution is 0.199. The molecule has 2 fully saturated rings. The first kappa shape index (κ1) is 14.4. The minimum Gasteiger partial charge on any atom is -0.389 e. The SMILES string of the molecule is C[C@H](O)c1ccc(N2CCC3CCC(C2)N3C)c(Br)c1. The molecule has 3 rings (SSSR count). The zero-order chi connectivity index (χ0) is 14.3. The third-order valence-corrected chi connectivity index (χ3v) is 5.58. The number of aliphatic hydroxyl groups excluding tert-OH is 1. The number of anilines is 1. The lowest BCUT2D eigenvalue weighted by atomic mass is 10.1. The van der Waals surface area contributed by atoms with Crippen LogP contribution in [0.1, 0.15) is 37.9 Å². The van der Waals surface area contributed by atoms with Crippen LogP contribution in [0.5, 0.6) is 0 Å². The van der Waals surface area contributed by atoms with E-state index in [1.165, 1.54) is 24.9 Å². The second-order valence-electron chi connectivity index (χ2n) is 6.17. The van der Waals surface area contributed by atoms with Crippen LogP contribution < -0.4 is 4.90 Å². The number of hydrogen-bond donors (Lipinski definition) is 1. The molecule has 2 unspecified atom stereocenters. The lowest BCUT2D eigenvalue weighted by Crippen LogP contribution is -2.36. The average Bonchev–Trinajstić information content (AvgIpc) is 2.64. The van der Waals surface area contributed by atoms with Crippen molar-refractivity contribution < 1.29 is 5.11 Å². The molecule has 2 bridgehead atoms. The Morgan fingerprint density at radius 2 is 2.00 bits per heavy atom. The smallest absolute Gasteiger partial charge is 0.0762 e. The Morgan fingerprint density at radius 1 is 1.25 bits per heavy atom. The van der Waals surface area contributed by atoms with Crippen molar-refractivity contribution >= 4 is 21.6 Å². The van der Waals surface area contributed by atoms with Gasteiger partial charge in [0.25, 0.3) is 0 Å². The van der Waals surface area contributed by atoms with E-state index in [0.717, 1.165) is 29.2 Å². The summed E-state index contributed by atoms with van der Waals surface area (Å²) in [6.07, 6.45) is 3.52. The molecule has 1 aromatic rings. The minimum atomic E-state index is -0.411. The lowest BCUT2D eigenvalue weighted by Gasteiger charge is -2.28. The molecule has 0 spiro atoms. The number of halogens is 1. The second kappa shape index (κ2) is 5.66. The van der Waals surface area contributed by atoms with E-state index in [2.05, 4.69) is 38.8 Å². The Kier molecular flexibility index (Phi) is 4.07. The Morgan fingerprint density at radius 3 is 2.70 bits per heavy atom. The number of fused-ring (bicyclic) bond motifs is 2. The van der Waals surface area contributed by atoms with Gasteiger partial charge in [0.15, 0.2) is 0 Å². The largest absolute Gasteiger partial charge is 0.389 e. The number of likely N-dealkylation sites (N-methyl/N-ethyl adjacent to an activating group) is 1. The summed E-state index contributed by atoms with van der Waals surface area (Å²) in [7, 11) is 2.28. The number of hydrogen-bond acceptors (Lipinski definition) is 3. The maximum atomic E-state index is 9.67. The first-order chi connectivity index (χ1) is 9.56. The number of nitrogens with zero attached hydrogens (tertiary/aromatic N) is 2. The summed E-state index contributed by atoms with van der Waals surface area (Å²) >= 11 is 3.68. The molecule has 0 aromatic heterocycles. The van der Waals surface area contributed by atoms with Gasteiger partial charge in [-0.25, -0.2) is 0 Å². The predicted molar refractivity (Wildman–Crippen MR) is 86.2 cm³/mol. The van der Waals surface area contributed by atoms with Crippen molar-refractivity contribution in [3.8, 4) is 0 Å². The van der Waals surface area contributed by atoms with E-state index in [1.54, 1.807) is 6.92 Å². The molecule has 3 atom stereocenters. The van der Waals surface area contributed by atoms with E-state index >= 15 is 0 Å². The molecule has 2 saturated heterocycles. The summed E-state index contributed by atoms with van der Waals surface area (Å²) in [6, 6.07) is 7.68. The zero-order valence-electron chi connectivity index (χ0n) is 12.2. The molecule has 2 aliphatic heterocycles. The molecule has 0 aliphatic carbocycles. The Hall–Kier alpha value is -0.580. The molecule has 1 aromatic carbocycles. The van der Waals surface area contributed by atoms with Crippen molar-refractivity contribution in [3.05, 3.63) is 28.2 Å². The maximum Gasteiger partial charge on any atom is 0.0762 e. The van der Waals surface area contributed by atoms with E-state index < -0.39 is 6.10 Å². The van der Waals surface area contributed by atoms with Gasteiger partial charge in [-0.3, -0.25) is 4.90 Å². The van der Waals surface area contributed by atoms with Crippen LogP contribution in [-0.4, -0.2) is 42.2 Å². The summed E-state index contributed by atoms with van der Waals surface area (Å²) in [6.45, 7) is 4.04. The topological polar surface area (TPSA) is 26.7 Å². The van der Waals surface area contributed by atoms with Gasteiger partial charge in [-0.1, -0.05) is 6.07 Å². The van der Waals surface area contributed by atoms with Crippen LogP contribution in [-0.2, 0) is 0 Å². The highest BCUT2D eigenvalue weighted by Crippen LogP contribution is 2.34. The fourth-order valence-electron chi connectivity index (χ4n) is 3.57. The van der Waals surface area contributed by atoms with Crippen LogP contribution in [0.3, 0.4) is 0 Å². The Bertz CT molecular complexity index is 491. The van der Waals surface area contributed by atoms with Crippen LogP contribution in [0, 0.1) is 0 Å². The van der Waals surface area contributed by atoms with Crippen molar-refractivity contribution in [2.45, 2.75) is 44.4 Å². The summed E-state index contributed by atoms with van der Waals surface area (Å²) < 4.78 is 1.09. The first-order valence-electron chi connectivity index (χ1n) is 7.50. The molecule has 2 aliphatic rings. The molecule has 20 heavy (non-hydrogen) atoms. The van der Waals surface area contributed by atoms with Gasteiger partial charge < -0.3 is 10.0 Å². The van der Waals surface area contributed by atoms with Gasteiger partial charge in [0.1, 0.15) is 0 Å². The van der Waals surface area contributed by atoms with E-state index in [4.69, 9.17) is 0 Å². The summed E-state index contributed by atoms with van der Waals surface area (Å²) in [4.78, 5) is 5.06. The van der Waals surface area contributed by atoms with E-state index in [9.17, 15) is 5.11 Å². The van der Waals surface area contributed by atoms with E-state index in [1.807, 2.05) is 12.1 Å². The van der Waals surface area contributed by atoms with Gasteiger partial charge in [-0.2, -0.15) is 0 Å². The highest BCUT2D eigenvalue weighted by atomic mass is 79.9. The predicted octanol–water partition coefficient (Wildman–Crippen LogP) is 3.18. The molecular weight excluding hydrogens is 316 g/mol. The van der Waals surface area contributed by atoms with E-state index in [0.29, 0.717) is 6.04 Å². The molecule has 1 N–H and O–H groups in total. The highest BCUT2D eigenvalue weighted by molar-refractivity contribution is 9.10. The average molecular weight is 339 g/mol. The molecule has 3 nitrogen and oxygen atoms in total. The van der Waals surface area contributed by atoms with Gasteiger partial charge in [-0.15, -0.1) is 0 Å². The third-order valence-electron chi connectivity index (χ3n) is 4.94. The second-order valence-corrected chi connectivity index (χ2v) is 7.03. The van der Waals surface area contributed by atoms with Crippen molar-refractivity contribution in [2.75, 3.05) is 25.0 Å². The van der Waals surface area contributed by atoms with Gasteiger partial charge in [-0.05, 0) is 66.9 Å². The number of aliphatic hydroxyl groups is 1. The normalized spacial score (nSPS) is 28.5. The minimum absolute atomic E-state index is 0.411. The first-order valence-corrected chi connectivity index (χ1v) is 8.30.